The second-order valence-corrected chi connectivity index (χ2v) is 3.65. The van der Waals surface area contributed by atoms with Gasteiger partial charge < -0.3 is 9.47 Å². The van der Waals surface area contributed by atoms with E-state index in [1.807, 2.05) is 13.8 Å². The number of hydrogen-bond acceptors (Lipinski definition) is 3. The minimum Gasteiger partial charge on any atom is -0.493 e. The van der Waals surface area contributed by atoms with Gasteiger partial charge in [-0.25, -0.2) is 0 Å². The van der Waals surface area contributed by atoms with Gasteiger partial charge in [-0.3, -0.25) is 4.79 Å². The first-order valence-corrected chi connectivity index (χ1v) is 4.97. The number of hydrogen-bond donors (Lipinski definition) is 0. The Kier molecular flexibility index (Phi) is 3.97. The summed E-state index contributed by atoms with van der Waals surface area (Å²) in [5.41, 5.74) is 0.393. The molecule has 4 heteroatoms. The van der Waals surface area contributed by atoms with Crippen LogP contribution in [0.3, 0.4) is 0 Å². The molecule has 0 aliphatic heterocycles. The first kappa shape index (κ1) is 11.9. The molecule has 1 aromatic carbocycles. The number of methoxy groups -OCH3 is 1. The van der Waals surface area contributed by atoms with Crippen molar-refractivity contribution in [2.24, 2.45) is 0 Å². The third-order valence-electron chi connectivity index (χ3n) is 1.75. The van der Waals surface area contributed by atoms with E-state index in [0.717, 1.165) is 0 Å². The largest absolute Gasteiger partial charge is 0.493 e. The van der Waals surface area contributed by atoms with Crippen LogP contribution in [0.15, 0.2) is 18.2 Å². The van der Waals surface area contributed by atoms with Gasteiger partial charge in [-0.1, -0.05) is 0 Å². The molecule has 0 radical (unpaired) electrons. The molecule has 3 nitrogen and oxygen atoms in total. The third kappa shape index (κ3) is 3.13. The van der Waals surface area contributed by atoms with E-state index in [1.54, 1.807) is 18.2 Å². The smallest absolute Gasteiger partial charge is 0.252 e. The molecule has 0 heterocycles. The zero-order chi connectivity index (χ0) is 11.4. The zero-order valence-corrected chi connectivity index (χ0v) is 9.67. The van der Waals surface area contributed by atoms with E-state index in [4.69, 9.17) is 21.1 Å². The number of benzene rings is 1. The maximum Gasteiger partial charge on any atom is 0.252 e. The SMILES string of the molecule is COc1cc(C(=O)Cl)ccc1OC(C)C. The Bertz CT molecular complexity index is 361. The van der Waals surface area contributed by atoms with E-state index in [0.29, 0.717) is 17.1 Å². The zero-order valence-electron chi connectivity index (χ0n) is 8.91. The number of carbonyl (C=O) groups excluding carboxylic acids is 1. The molecule has 82 valence electrons. The van der Waals surface area contributed by atoms with Crippen LogP contribution in [-0.2, 0) is 0 Å². The molecule has 0 spiro atoms. The van der Waals surface area contributed by atoms with E-state index >= 15 is 0 Å². The number of halogens is 1. The number of carbonyl (C=O) groups is 1. The van der Waals surface area contributed by atoms with Crippen molar-refractivity contribution < 1.29 is 14.3 Å². The molecular weight excluding hydrogens is 216 g/mol. The Hall–Kier alpha value is -1.22. The van der Waals surface area contributed by atoms with Crippen molar-refractivity contribution in [2.45, 2.75) is 20.0 Å². The Morgan fingerprint density at radius 3 is 2.47 bits per heavy atom. The van der Waals surface area contributed by atoms with Gasteiger partial charge in [-0.2, -0.15) is 0 Å². The lowest BCUT2D eigenvalue weighted by Gasteiger charge is -2.13. The van der Waals surface area contributed by atoms with Gasteiger partial charge in [0.2, 0.25) is 0 Å². The van der Waals surface area contributed by atoms with Crippen LogP contribution in [-0.4, -0.2) is 18.5 Å². The second kappa shape index (κ2) is 5.03. The molecule has 0 atom stereocenters. The Morgan fingerprint density at radius 2 is 2.00 bits per heavy atom. The highest BCUT2D eigenvalue weighted by molar-refractivity contribution is 6.67. The average Bonchev–Trinajstić information content (AvgIpc) is 2.17. The van der Waals surface area contributed by atoms with Gasteiger partial charge in [0.15, 0.2) is 11.5 Å². The predicted octanol–water partition coefficient (Wildman–Crippen LogP) is 2.86. The fourth-order valence-corrected chi connectivity index (χ4v) is 1.26. The predicted molar refractivity (Wildman–Crippen MR) is 58.9 cm³/mol. The van der Waals surface area contributed by atoms with Crippen LogP contribution in [0.4, 0.5) is 0 Å². The highest BCUT2D eigenvalue weighted by Crippen LogP contribution is 2.29. The van der Waals surface area contributed by atoms with Crippen LogP contribution in [0.5, 0.6) is 11.5 Å². The van der Waals surface area contributed by atoms with Crippen LogP contribution in [0.1, 0.15) is 24.2 Å². The van der Waals surface area contributed by atoms with Crippen molar-refractivity contribution in [3.05, 3.63) is 23.8 Å². The molecule has 0 N–H and O–H groups in total. The topological polar surface area (TPSA) is 35.5 Å². The summed E-state index contributed by atoms with van der Waals surface area (Å²) in [6.07, 6.45) is 0.0523. The summed E-state index contributed by atoms with van der Waals surface area (Å²) in [5, 5.41) is -0.510. The van der Waals surface area contributed by atoms with E-state index in [9.17, 15) is 4.79 Å². The first-order chi connectivity index (χ1) is 7.04. The van der Waals surface area contributed by atoms with Gasteiger partial charge in [-0.05, 0) is 43.6 Å². The van der Waals surface area contributed by atoms with Crippen molar-refractivity contribution in [2.75, 3.05) is 7.11 Å². The van der Waals surface area contributed by atoms with Crippen LogP contribution in [0.2, 0.25) is 0 Å². The summed E-state index contributed by atoms with van der Waals surface area (Å²) >= 11 is 5.35. The quantitative estimate of drug-likeness (QED) is 0.744. The molecule has 0 aliphatic carbocycles. The van der Waals surface area contributed by atoms with Gasteiger partial charge >= 0.3 is 0 Å². The third-order valence-corrected chi connectivity index (χ3v) is 1.97. The number of rotatable bonds is 4. The summed E-state index contributed by atoms with van der Waals surface area (Å²) in [6.45, 7) is 3.83. The van der Waals surface area contributed by atoms with E-state index in [1.165, 1.54) is 7.11 Å². The molecule has 0 bridgehead atoms. The summed E-state index contributed by atoms with van der Waals surface area (Å²) < 4.78 is 10.6. The van der Waals surface area contributed by atoms with Crippen molar-refractivity contribution >= 4 is 16.8 Å². The van der Waals surface area contributed by atoms with Crippen LogP contribution >= 0.6 is 11.6 Å². The standard InChI is InChI=1S/C11H13ClO3/c1-7(2)15-9-5-4-8(11(12)13)6-10(9)14-3/h4-7H,1-3H3. The summed E-state index contributed by atoms with van der Waals surface area (Å²) in [4.78, 5) is 10.9. The normalized spacial score (nSPS) is 10.2. The van der Waals surface area contributed by atoms with Crippen molar-refractivity contribution in [3.8, 4) is 11.5 Å². The minimum absolute atomic E-state index is 0.0523. The average molecular weight is 229 g/mol. The molecular formula is C11H13ClO3. The Balaban J connectivity index is 3.03. The summed E-state index contributed by atoms with van der Waals surface area (Å²) in [6, 6.07) is 4.84. The second-order valence-electron chi connectivity index (χ2n) is 3.31. The molecule has 0 fully saturated rings. The maximum atomic E-state index is 10.9. The summed E-state index contributed by atoms with van der Waals surface area (Å²) in [7, 11) is 1.52. The minimum atomic E-state index is -0.510. The number of ether oxygens (including phenoxy) is 2. The van der Waals surface area contributed by atoms with Gasteiger partial charge in [0.25, 0.3) is 5.24 Å². The molecule has 1 rings (SSSR count). The Morgan fingerprint density at radius 1 is 1.33 bits per heavy atom. The van der Waals surface area contributed by atoms with Crippen molar-refractivity contribution in [1.82, 2.24) is 0 Å². The summed E-state index contributed by atoms with van der Waals surface area (Å²) in [5.74, 6) is 1.12. The first-order valence-electron chi connectivity index (χ1n) is 4.59. The van der Waals surface area contributed by atoms with E-state index < -0.39 is 5.24 Å². The highest BCUT2D eigenvalue weighted by atomic mass is 35.5. The molecule has 0 saturated heterocycles. The van der Waals surface area contributed by atoms with Crippen LogP contribution in [0, 0.1) is 0 Å². The highest BCUT2D eigenvalue weighted by Gasteiger charge is 2.10. The maximum absolute atomic E-state index is 10.9. The van der Waals surface area contributed by atoms with Gasteiger partial charge in [0, 0.05) is 5.56 Å². The van der Waals surface area contributed by atoms with Crippen LogP contribution in [0.25, 0.3) is 0 Å². The van der Waals surface area contributed by atoms with Crippen LogP contribution < -0.4 is 9.47 Å². The lowest BCUT2D eigenvalue weighted by atomic mass is 10.2. The fraction of sp³-hybridized carbons (Fsp3) is 0.364. The van der Waals surface area contributed by atoms with Gasteiger partial charge in [0.1, 0.15) is 0 Å². The molecule has 0 aromatic heterocycles. The van der Waals surface area contributed by atoms with Crippen molar-refractivity contribution in [1.29, 1.82) is 0 Å². The molecule has 0 saturated carbocycles. The van der Waals surface area contributed by atoms with Gasteiger partial charge in [-0.15, -0.1) is 0 Å². The fourth-order valence-electron chi connectivity index (χ4n) is 1.14. The Labute approximate surface area is 93.9 Å². The van der Waals surface area contributed by atoms with Crippen molar-refractivity contribution in [3.63, 3.8) is 0 Å². The lowest BCUT2D eigenvalue weighted by Crippen LogP contribution is -2.07. The molecule has 0 amide bonds. The molecule has 1 aromatic rings. The van der Waals surface area contributed by atoms with E-state index in [2.05, 4.69) is 0 Å². The molecule has 15 heavy (non-hydrogen) atoms. The van der Waals surface area contributed by atoms with E-state index in [-0.39, 0.29) is 6.10 Å². The van der Waals surface area contributed by atoms with Gasteiger partial charge in [0.05, 0.1) is 13.2 Å². The monoisotopic (exact) mass is 228 g/mol. The lowest BCUT2D eigenvalue weighted by molar-refractivity contribution is 0.108. The molecule has 0 unspecified atom stereocenters. The molecule has 0 aliphatic rings.